The van der Waals surface area contributed by atoms with Gasteiger partial charge in [0.2, 0.25) is 0 Å². The molecule has 2 aromatic rings. The molecule has 1 aromatic carbocycles. The molecule has 0 unspecified atom stereocenters. The van der Waals surface area contributed by atoms with Crippen molar-refractivity contribution in [3.8, 4) is 0 Å². The second-order valence-electron chi connectivity index (χ2n) is 5.77. The summed E-state index contributed by atoms with van der Waals surface area (Å²) in [4.78, 5) is 21.0. The lowest BCUT2D eigenvalue weighted by atomic mass is 9.85. The summed E-state index contributed by atoms with van der Waals surface area (Å²) < 4.78 is 14.0. The molecular weight excluding hydrogens is 291 g/mol. The van der Waals surface area contributed by atoms with Gasteiger partial charge in [0.15, 0.2) is 0 Å². The molecule has 0 radical (unpaired) electrons. The molecule has 1 amide bonds. The SMILES string of the molecule is O=C(c1c[nH]c2cccc(F)c12)N1O[C@@H]2CC[C@H]1[C@@H](O)[C@H]2O. The number of hydroxylamine groups is 2. The van der Waals surface area contributed by atoms with Crippen LogP contribution < -0.4 is 0 Å². The van der Waals surface area contributed by atoms with Crippen molar-refractivity contribution in [1.29, 1.82) is 0 Å². The van der Waals surface area contributed by atoms with Gasteiger partial charge in [-0.25, -0.2) is 9.45 Å². The highest BCUT2D eigenvalue weighted by Gasteiger charge is 2.50. The number of aromatic amines is 1. The number of aromatic nitrogens is 1. The molecule has 6 nitrogen and oxygen atoms in total. The summed E-state index contributed by atoms with van der Waals surface area (Å²) in [5, 5.41) is 21.2. The number of halogens is 1. The fourth-order valence-electron chi connectivity index (χ4n) is 3.35. The third-order valence-electron chi connectivity index (χ3n) is 4.51. The third-order valence-corrected chi connectivity index (χ3v) is 4.51. The van der Waals surface area contributed by atoms with Crippen LogP contribution in [0.25, 0.3) is 10.9 Å². The van der Waals surface area contributed by atoms with Crippen molar-refractivity contribution in [3.63, 3.8) is 0 Å². The Morgan fingerprint density at radius 3 is 2.91 bits per heavy atom. The fourth-order valence-corrected chi connectivity index (χ4v) is 3.35. The van der Waals surface area contributed by atoms with E-state index in [1.165, 1.54) is 12.3 Å². The lowest BCUT2D eigenvalue weighted by molar-refractivity contribution is -0.306. The Morgan fingerprint density at radius 2 is 2.14 bits per heavy atom. The van der Waals surface area contributed by atoms with Gasteiger partial charge in [0.1, 0.15) is 24.1 Å². The quantitative estimate of drug-likeness (QED) is 0.732. The molecule has 3 aliphatic rings. The predicted molar refractivity (Wildman–Crippen MR) is 74.3 cm³/mol. The summed E-state index contributed by atoms with van der Waals surface area (Å²) in [6, 6.07) is 3.90. The summed E-state index contributed by atoms with van der Waals surface area (Å²) in [5.41, 5.74) is 0.674. The maximum atomic E-state index is 14.0. The molecule has 4 atom stereocenters. The molecule has 116 valence electrons. The minimum Gasteiger partial charge on any atom is -0.388 e. The van der Waals surface area contributed by atoms with Crippen LogP contribution in [0.2, 0.25) is 0 Å². The molecule has 1 saturated carbocycles. The van der Waals surface area contributed by atoms with Crippen LogP contribution >= 0.6 is 0 Å². The average molecular weight is 306 g/mol. The highest BCUT2D eigenvalue weighted by Crippen LogP contribution is 2.35. The third kappa shape index (κ3) is 1.79. The first-order chi connectivity index (χ1) is 10.6. The summed E-state index contributed by atoms with van der Waals surface area (Å²) in [6.45, 7) is 0. The van der Waals surface area contributed by atoms with Crippen molar-refractivity contribution >= 4 is 16.8 Å². The van der Waals surface area contributed by atoms with Crippen molar-refractivity contribution < 1.29 is 24.2 Å². The van der Waals surface area contributed by atoms with Crippen molar-refractivity contribution in [2.45, 2.75) is 37.2 Å². The largest absolute Gasteiger partial charge is 0.388 e. The Labute approximate surface area is 125 Å². The number of carbonyl (C=O) groups excluding carboxylic acids is 1. The zero-order chi connectivity index (χ0) is 15.4. The first-order valence-electron chi connectivity index (χ1n) is 7.20. The highest BCUT2D eigenvalue weighted by molar-refractivity contribution is 6.06. The number of aliphatic hydroxyl groups is 2. The molecule has 3 heterocycles. The van der Waals surface area contributed by atoms with E-state index in [1.807, 2.05) is 0 Å². The highest BCUT2D eigenvalue weighted by atomic mass is 19.1. The molecule has 5 rings (SSSR count). The number of aliphatic hydroxyl groups excluding tert-OH is 2. The fraction of sp³-hybridized carbons (Fsp3) is 0.400. The van der Waals surface area contributed by atoms with Crippen LogP contribution in [0.15, 0.2) is 24.4 Å². The Balaban J connectivity index is 1.73. The van der Waals surface area contributed by atoms with E-state index >= 15 is 0 Å². The molecule has 3 fully saturated rings. The van der Waals surface area contributed by atoms with Crippen LogP contribution in [0, 0.1) is 5.82 Å². The Kier molecular flexibility index (Phi) is 2.97. The number of nitrogens with one attached hydrogen (secondary N) is 1. The van der Waals surface area contributed by atoms with Crippen LogP contribution in [-0.2, 0) is 4.84 Å². The first kappa shape index (κ1) is 13.7. The molecule has 3 N–H and O–H groups in total. The number of nitrogens with zero attached hydrogens (tertiary/aromatic N) is 1. The van der Waals surface area contributed by atoms with Crippen LogP contribution in [0.5, 0.6) is 0 Å². The Bertz CT molecular complexity index is 744. The molecular formula is C15H15FN2O4. The summed E-state index contributed by atoms with van der Waals surface area (Å²) >= 11 is 0. The van der Waals surface area contributed by atoms with E-state index in [2.05, 4.69) is 4.98 Å². The van der Waals surface area contributed by atoms with Crippen LogP contribution in [-0.4, -0.2) is 50.5 Å². The van der Waals surface area contributed by atoms with Crippen molar-refractivity contribution in [1.82, 2.24) is 10.0 Å². The number of carbonyl (C=O) groups is 1. The van der Waals surface area contributed by atoms with Gasteiger partial charge >= 0.3 is 0 Å². The van der Waals surface area contributed by atoms with E-state index in [4.69, 9.17) is 4.84 Å². The average Bonchev–Trinajstić information content (AvgIpc) is 2.96. The molecule has 22 heavy (non-hydrogen) atoms. The van der Waals surface area contributed by atoms with Gasteiger partial charge in [-0.1, -0.05) is 6.07 Å². The van der Waals surface area contributed by atoms with Crippen LogP contribution in [0.1, 0.15) is 23.2 Å². The van der Waals surface area contributed by atoms with E-state index in [1.54, 1.807) is 12.1 Å². The van der Waals surface area contributed by atoms with Crippen molar-refractivity contribution in [3.05, 3.63) is 35.8 Å². The maximum absolute atomic E-state index is 14.0. The monoisotopic (exact) mass is 306 g/mol. The summed E-state index contributed by atoms with van der Waals surface area (Å²) in [5.74, 6) is -1.01. The van der Waals surface area contributed by atoms with Gasteiger partial charge in [-0.3, -0.25) is 9.63 Å². The smallest absolute Gasteiger partial charge is 0.280 e. The maximum Gasteiger partial charge on any atom is 0.280 e. The lowest BCUT2D eigenvalue weighted by Gasteiger charge is -2.49. The van der Waals surface area contributed by atoms with Crippen molar-refractivity contribution in [2.75, 3.05) is 0 Å². The lowest BCUT2D eigenvalue weighted by Crippen LogP contribution is -2.65. The van der Waals surface area contributed by atoms with Crippen LogP contribution in [0.3, 0.4) is 0 Å². The zero-order valence-corrected chi connectivity index (χ0v) is 11.6. The number of H-pyrrole nitrogens is 1. The Morgan fingerprint density at radius 1 is 1.32 bits per heavy atom. The number of rotatable bonds is 1. The second-order valence-corrected chi connectivity index (χ2v) is 5.77. The molecule has 2 bridgehead atoms. The number of amides is 1. The normalized spacial score (nSPS) is 31.0. The zero-order valence-electron chi connectivity index (χ0n) is 11.6. The van der Waals surface area contributed by atoms with E-state index < -0.39 is 36.1 Å². The van der Waals surface area contributed by atoms with Crippen LogP contribution in [0.4, 0.5) is 4.39 Å². The standard InChI is InChI=1S/C15H15FN2O4/c16-8-2-1-3-9-12(8)7(6-17-9)15(21)18-10-4-5-11(22-18)14(20)13(10)19/h1-3,6,10-11,13-14,17,19-20H,4-5H2/t10-,11+,13+,14-/m0/s1. The Hall–Kier alpha value is -1.96. The molecule has 0 spiro atoms. The number of fused-ring (bicyclic) bond motifs is 4. The van der Waals surface area contributed by atoms with Crippen molar-refractivity contribution in [2.24, 2.45) is 0 Å². The molecule has 7 heteroatoms. The van der Waals surface area contributed by atoms with Gasteiger partial charge in [-0.15, -0.1) is 0 Å². The molecule has 1 aliphatic carbocycles. The number of benzene rings is 1. The first-order valence-corrected chi connectivity index (χ1v) is 7.20. The van der Waals surface area contributed by atoms with Gasteiger partial charge in [-0.2, -0.15) is 0 Å². The topological polar surface area (TPSA) is 85.8 Å². The van der Waals surface area contributed by atoms with E-state index in [9.17, 15) is 19.4 Å². The summed E-state index contributed by atoms with van der Waals surface area (Å²) in [7, 11) is 0. The van der Waals surface area contributed by atoms with Gasteiger partial charge in [0.25, 0.3) is 5.91 Å². The minimum absolute atomic E-state index is 0.155. The van der Waals surface area contributed by atoms with E-state index in [0.717, 1.165) is 5.06 Å². The molecule has 2 saturated heterocycles. The number of hydrogen-bond acceptors (Lipinski definition) is 4. The van der Waals surface area contributed by atoms with Gasteiger partial charge in [0.05, 0.1) is 11.6 Å². The van der Waals surface area contributed by atoms with E-state index in [-0.39, 0.29) is 10.9 Å². The second kappa shape index (κ2) is 4.77. The van der Waals surface area contributed by atoms with Gasteiger partial charge in [-0.05, 0) is 25.0 Å². The molecule has 1 aromatic heterocycles. The van der Waals surface area contributed by atoms with Gasteiger partial charge in [0, 0.05) is 17.1 Å². The number of hydrogen-bond donors (Lipinski definition) is 3. The molecule has 2 aliphatic heterocycles. The minimum atomic E-state index is -1.05. The van der Waals surface area contributed by atoms with Gasteiger partial charge < -0.3 is 15.2 Å². The van der Waals surface area contributed by atoms with E-state index in [0.29, 0.717) is 18.4 Å². The summed E-state index contributed by atoms with van der Waals surface area (Å²) in [6.07, 6.45) is -0.105. The predicted octanol–water partition coefficient (Wildman–Crippen LogP) is 0.947.